The van der Waals surface area contributed by atoms with Crippen LogP contribution in [0.5, 0.6) is 0 Å². The molecule has 2 aliphatic rings. The maximum absolute atomic E-state index is 12.7. The first-order valence-corrected chi connectivity index (χ1v) is 9.03. The van der Waals surface area contributed by atoms with Crippen LogP contribution in [-0.4, -0.2) is 66.4 Å². The second-order valence-electron chi connectivity index (χ2n) is 6.80. The van der Waals surface area contributed by atoms with Gasteiger partial charge in [-0.15, -0.1) is 0 Å². The van der Waals surface area contributed by atoms with Crippen LogP contribution in [0.3, 0.4) is 0 Å². The van der Waals surface area contributed by atoms with Crippen LogP contribution in [-0.2, 0) is 11.3 Å². The molecule has 126 valence electrons. The molecule has 0 bridgehead atoms. The van der Waals surface area contributed by atoms with Gasteiger partial charge >= 0.3 is 0 Å². The lowest BCUT2D eigenvalue weighted by atomic mass is 9.95. The molecule has 0 saturated carbocycles. The first-order chi connectivity index (χ1) is 11.3. The second kappa shape index (κ2) is 7.93. The molecule has 0 atom stereocenters. The maximum Gasteiger partial charge on any atom is 0.225 e. The van der Waals surface area contributed by atoms with Crippen LogP contribution < -0.4 is 0 Å². The number of rotatable bonds is 4. The number of piperazine rings is 1. The van der Waals surface area contributed by atoms with Gasteiger partial charge in [-0.25, -0.2) is 0 Å². The molecule has 1 amide bonds. The first-order valence-electron chi connectivity index (χ1n) is 9.03. The van der Waals surface area contributed by atoms with Gasteiger partial charge in [0.05, 0.1) is 0 Å². The lowest BCUT2D eigenvalue weighted by Crippen LogP contribution is -2.51. The monoisotopic (exact) mass is 315 g/mol. The minimum Gasteiger partial charge on any atom is -0.340 e. The third-order valence-electron chi connectivity index (χ3n) is 5.32. The lowest BCUT2D eigenvalue weighted by molar-refractivity contribution is -0.138. The number of nitrogens with zero attached hydrogens (tertiary/aromatic N) is 3. The van der Waals surface area contributed by atoms with Crippen molar-refractivity contribution < 1.29 is 4.79 Å². The summed E-state index contributed by atoms with van der Waals surface area (Å²) in [5.74, 6) is 0.665. The van der Waals surface area contributed by atoms with Crippen molar-refractivity contribution in [3.8, 4) is 0 Å². The predicted molar refractivity (Wildman–Crippen MR) is 93.1 cm³/mol. The van der Waals surface area contributed by atoms with Crippen LogP contribution in [0.2, 0.25) is 0 Å². The van der Waals surface area contributed by atoms with Crippen LogP contribution in [0.25, 0.3) is 0 Å². The zero-order valence-electron chi connectivity index (χ0n) is 14.3. The number of hydrogen-bond donors (Lipinski definition) is 0. The molecule has 0 aromatic heterocycles. The van der Waals surface area contributed by atoms with Crippen molar-refractivity contribution in [1.82, 2.24) is 14.7 Å². The number of carbonyl (C=O) groups excluding carboxylic acids is 1. The largest absolute Gasteiger partial charge is 0.340 e. The van der Waals surface area contributed by atoms with Gasteiger partial charge in [-0.1, -0.05) is 37.3 Å². The Labute approximate surface area is 140 Å². The van der Waals surface area contributed by atoms with E-state index in [2.05, 4.69) is 52.0 Å². The average molecular weight is 315 g/mol. The molecule has 2 fully saturated rings. The van der Waals surface area contributed by atoms with Crippen molar-refractivity contribution in [3.63, 3.8) is 0 Å². The van der Waals surface area contributed by atoms with Gasteiger partial charge in [0, 0.05) is 38.6 Å². The summed E-state index contributed by atoms with van der Waals surface area (Å²) in [5, 5.41) is 0. The zero-order valence-corrected chi connectivity index (χ0v) is 14.3. The highest BCUT2D eigenvalue weighted by Crippen LogP contribution is 2.20. The Balaban J connectivity index is 1.44. The standard InChI is InChI=1S/C19H29N3O/c1-2-20-10-8-18(9-11-20)19(23)22-14-12-21(13-15-22)16-17-6-4-3-5-7-17/h3-7,18H,2,8-16H2,1H3. The molecule has 1 aromatic carbocycles. The van der Waals surface area contributed by atoms with Crippen molar-refractivity contribution in [2.45, 2.75) is 26.3 Å². The van der Waals surface area contributed by atoms with Crippen LogP contribution in [0.1, 0.15) is 25.3 Å². The van der Waals surface area contributed by atoms with E-state index in [1.165, 1.54) is 5.56 Å². The average Bonchev–Trinajstić information content (AvgIpc) is 2.63. The van der Waals surface area contributed by atoms with E-state index in [1.54, 1.807) is 0 Å². The molecule has 2 saturated heterocycles. The Bertz CT molecular complexity index is 489. The Hall–Kier alpha value is -1.39. The Kier molecular flexibility index (Phi) is 5.68. The number of likely N-dealkylation sites (tertiary alicyclic amines) is 1. The normalized spacial score (nSPS) is 21.5. The van der Waals surface area contributed by atoms with Gasteiger partial charge in [0.1, 0.15) is 0 Å². The Morgan fingerprint density at radius 3 is 2.22 bits per heavy atom. The van der Waals surface area contributed by atoms with E-state index in [4.69, 9.17) is 0 Å². The van der Waals surface area contributed by atoms with Crippen molar-refractivity contribution in [3.05, 3.63) is 35.9 Å². The van der Waals surface area contributed by atoms with Crippen molar-refractivity contribution in [2.24, 2.45) is 5.92 Å². The van der Waals surface area contributed by atoms with E-state index in [1.807, 2.05) is 0 Å². The number of amides is 1. The summed E-state index contributed by atoms with van der Waals surface area (Å²) in [7, 11) is 0. The van der Waals surface area contributed by atoms with Crippen molar-refractivity contribution in [2.75, 3.05) is 45.8 Å². The summed E-state index contributed by atoms with van der Waals surface area (Å²) in [6.07, 6.45) is 2.08. The first kappa shape index (κ1) is 16.5. The van der Waals surface area contributed by atoms with Crippen LogP contribution in [0.15, 0.2) is 30.3 Å². The molecular weight excluding hydrogens is 286 g/mol. The minimum atomic E-state index is 0.262. The summed E-state index contributed by atoms with van der Waals surface area (Å²) in [5.41, 5.74) is 1.36. The van der Waals surface area contributed by atoms with Gasteiger partial charge in [0.2, 0.25) is 5.91 Å². The molecule has 3 rings (SSSR count). The Morgan fingerprint density at radius 2 is 1.61 bits per heavy atom. The van der Waals surface area contributed by atoms with E-state index in [0.29, 0.717) is 5.91 Å². The molecule has 23 heavy (non-hydrogen) atoms. The third kappa shape index (κ3) is 4.33. The van der Waals surface area contributed by atoms with Crippen LogP contribution in [0, 0.1) is 5.92 Å². The molecule has 1 aromatic rings. The van der Waals surface area contributed by atoms with E-state index in [-0.39, 0.29) is 5.92 Å². The molecule has 0 N–H and O–H groups in total. The molecular formula is C19H29N3O. The summed E-state index contributed by atoms with van der Waals surface area (Å²) >= 11 is 0. The minimum absolute atomic E-state index is 0.262. The number of benzene rings is 1. The molecule has 0 aliphatic carbocycles. The lowest BCUT2D eigenvalue weighted by Gasteiger charge is -2.38. The van der Waals surface area contributed by atoms with Crippen LogP contribution >= 0.6 is 0 Å². The highest BCUT2D eigenvalue weighted by Gasteiger charge is 2.29. The van der Waals surface area contributed by atoms with Crippen molar-refractivity contribution >= 4 is 5.91 Å². The fourth-order valence-electron chi connectivity index (χ4n) is 3.72. The zero-order chi connectivity index (χ0) is 16.1. The molecule has 0 spiro atoms. The highest BCUT2D eigenvalue weighted by atomic mass is 16.2. The quantitative estimate of drug-likeness (QED) is 0.851. The van der Waals surface area contributed by atoms with E-state index < -0.39 is 0 Å². The number of piperidine rings is 1. The second-order valence-corrected chi connectivity index (χ2v) is 6.80. The fraction of sp³-hybridized carbons (Fsp3) is 0.632. The molecule has 4 nitrogen and oxygen atoms in total. The van der Waals surface area contributed by atoms with Gasteiger partial charge < -0.3 is 9.80 Å². The molecule has 0 unspecified atom stereocenters. The Morgan fingerprint density at radius 1 is 0.957 bits per heavy atom. The number of carbonyl (C=O) groups is 1. The van der Waals surface area contributed by atoms with E-state index >= 15 is 0 Å². The summed E-state index contributed by atoms with van der Waals surface area (Å²) in [6.45, 7) is 10.2. The highest BCUT2D eigenvalue weighted by molar-refractivity contribution is 5.79. The van der Waals surface area contributed by atoms with Crippen LogP contribution in [0.4, 0.5) is 0 Å². The molecule has 2 heterocycles. The van der Waals surface area contributed by atoms with Gasteiger partial charge in [0.15, 0.2) is 0 Å². The number of hydrogen-bond acceptors (Lipinski definition) is 3. The van der Waals surface area contributed by atoms with E-state index in [9.17, 15) is 4.79 Å². The summed E-state index contributed by atoms with van der Waals surface area (Å²) in [6, 6.07) is 10.6. The predicted octanol–water partition coefficient (Wildman–Crippen LogP) is 2.06. The van der Waals surface area contributed by atoms with Gasteiger partial charge in [0.25, 0.3) is 0 Å². The summed E-state index contributed by atoms with van der Waals surface area (Å²) in [4.78, 5) is 19.7. The molecule has 0 radical (unpaired) electrons. The smallest absolute Gasteiger partial charge is 0.225 e. The van der Waals surface area contributed by atoms with Gasteiger partial charge in [-0.2, -0.15) is 0 Å². The maximum atomic E-state index is 12.7. The molecule has 4 heteroatoms. The summed E-state index contributed by atoms with van der Waals surface area (Å²) < 4.78 is 0. The van der Waals surface area contributed by atoms with Crippen molar-refractivity contribution in [1.29, 1.82) is 0 Å². The SMILES string of the molecule is CCN1CCC(C(=O)N2CCN(Cc3ccccc3)CC2)CC1. The van der Waals surface area contributed by atoms with Gasteiger partial charge in [-0.05, 0) is 38.0 Å². The van der Waals surface area contributed by atoms with E-state index in [0.717, 1.165) is 65.2 Å². The molecule has 2 aliphatic heterocycles. The fourth-order valence-corrected chi connectivity index (χ4v) is 3.72. The third-order valence-corrected chi connectivity index (χ3v) is 5.32. The van der Waals surface area contributed by atoms with Gasteiger partial charge in [-0.3, -0.25) is 9.69 Å². The topological polar surface area (TPSA) is 26.8 Å².